The van der Waals surface area contributed by atoms with Crippen LogP contribution < -0.4 is 11.2 Å². The maximum atomic E-state index is 5.97. The van der Waals surface area contributed by atoms with Gasteiger partial charge in [-0.2, -0.15) is 5.10 Å². The summed E-state index contributed by atoms with van der Waals surface area (Å²) in [5, 5.41) is 4.69. The molecule has 3 rings (SSSR count). The number of aryl methyl sites for hydroxylation is 2. The van der Waals surface area contributed by atoms with Crippen LogP contribution in [-0.2, 0) is 6.42 Å². The third-order valence-corrected chi connectivity index (χ3v) is 5.55. The summed E-state index contributed by atoms with van der Waals surface area (Å²) in [5.74, 6) is 0. The van der Waals surface area contributed by atoms with Crippen molar-refractivity contribution in [3.8, 4) is 11.1 Å². The molecule has 0 saturated heterocycles. The Morgan fingerprint density at radius 3 is 2.35 bits per heavy atom. The number of nitrogens with zero attached hydrogens (tertiary/aromatic N) is 1. The highest BCUT2D eigenvalue weighted by atomic mass is 15.3. The van der Waals surface area contributed by atoms with Crippen LogP contribution in [0.4, 0.5) is 11.4 Å². The molecular formula is C28H31N3. The molecule has 0 aliphatic heterocycles. The van der Waals surface area contributed by atoms with Gasteiger partial charge in [0.05, 0.1) is 11.4 Å². The monoisotopic (exact) mass is 409 g/mol. The van der Waals surface area contributed by atoms with Crippen molar-refractivity contribution in [2.45, 2.75) is 34.1 Å². The molecule has 0 aliphatic carbocycles. The Morgan fingerprint density at radius 2 is 1.68 bits per heavy atom. The van der Waals surface area contributed by atoms with Gasteiger partial charge in [0, 0.05) is 5.69 Å². The minimum absolute atomic E-state index is 0.733. The number of hydrazone groups is 1. The molecule has 0 fully saturated rings. The topological polar surface area (TPSA) is 50.4 Å². The quantitative estimate of drug-likeness (QED) is 0.251. The fraction of sp³-hybridized carbons (Fsp3) is 0.179. The Labute approximate surface area is 186 Å². The van der Waals surface area contributed by atoms with Crippen molar-refractivity contribution in [2.75, 3.05) is 11.2 Å². The standard InChI is InChI=1S/C28H31N3/c1-18(2)28(21(5)16-23-14-13-19(3)20(4)15-23)31-30-27-12-8-11-26(22(27)6)24-9-7-10-25(29)17-24/h7-15,17,30H,1,5,16,29H2,2-4,6H3/b31-28-. The maximum Gasteiger partial charge on any atom is 0.0886 e. The number of rotatable bonds is 7. The van der Waals surface area contributed by atoms with E-state index in [-0.39, 0.29) is 0 Å². The molecule has 31 heavy (non-hydrogen) atoms. The lowest BCUT2D eigenvalue weighted by Gasteiger charge is -2.14. The molecule has 0 spiro atoms. The van der Waals surface area contributed by atoms with E-state index in [2.05, 4.69) is 74.8 Å². The summed E-state index contributed by atoms with van der Waals surface area (Å²) in [5.41, 5.74) is 20.6. The Balaban J connectivity index is 1.85. The number of hydrogen-bond acceptors (Lipinski definition) is 3. The Hall–Kier alpha value is -3.59. The van der Waals surface area contributed by atoms with Crippen molar-refractivity contribution >= 4 is 17.1 Å². The molecule has 0 aromatic heterocycles. The van der Waals surface area contributed by atoms with Gasteiger partial charge in [0.25, 0.3) is 0 Å². The third kappa shape index (κ3) is 5.32. The van der Waals surface area contributed by atoms with Crippen molar-refractivity contribution in [1.29, 1.82) is 0 Å². The predicted molar refractivity (Wildman–Crippen MR) is 136 cm³/mol. The van der Waals surface area contributed by atoms with Gasteiger partial charge in [-0.1, -0.05) is 55.6 Å². The van der Waals surface area contributed by atoms with Gasteiger partial charge in [-0.15, -0.1) is 0 Å². The molecule has 0 heterocycles. The summed E-state index contributed by atoms with van der Waals surface area (Å²) in [6.45, 7) is 16.7. The fourth-order valence-electron chi connectivity index (χ4n) is 3.61. The first kappa shape index (κ1) is 22.1. The zero-order valence-electron chi connectivity index (χ0n) is 18.9. The van der Waals surface area contributed by atoms with E-state index in [1.807, 2.05) is 37.3 Å². The number of nitrogen functional groups attached to an aromatic ring is 1. The molecular weight excluding hydrogens is 378 g/mol. The molecule has 3 aromatic rings. The molecule has 3 N–H and O–H groups in total. The molecule has 0 unspecified atom stereocenters. The second-order valence-corrected chi connectivity index (χ2v) is 8.16. The predicted octanol–water partition coefficient (Wildman–Crippen LogP) is 7.00. The van der Waals surface area contributed by atoms with E-state index in [0.29, 0.717) is 0 Å². The molecule has 0 bridgehead atoms. The van der Waals surface area contributed by atoms with Crippen molar-refractivity contribution in [3.63, 3.8) is 0 Å². The van der Waals surface area contributed by atoms with Crippen LogP contribution in [0.1, 0.15) is 29.2 Å². The smallest absolute Gasteiger partial charge is 0.0886 e. The number of benzene rings is 3. The second kappa shape index (κ2) is 9.48. The highest BCUT2D eigenvalue weighted by molar-refractivity contribution is 6.11. The van der Waals surface area contributed by atoms with E-state index >= 15 is 0 Å². The highest BCUT2D eigenvalue weighted by Gasteiger charge is 2.10. The molecule has 0 saturated carbocycles. The molecule has 3 nitrogen and oxygen atoms in total. The normalized spacial score (nSPS) is 11.3. The van der Waals surface area contributed by atoms with Crippen LogP contribution >= 0.6 is 0 Å². The van der Waals surface area contributed by atoms with Crippen LogP contribution in [-0.4, -0.2) is 5.71 Å². The highest BCUT2D eigenvalue weighted by Crippen LogP contribution is 2.29. The summed E-state index contributed by atoms with van der Waals surface area (Å²) < 4.78 is 0. The van der Waals surface area contributed by atoms with Gasteiger partial charge >= 0.3 is 0 Å². The molecule has 158 valence electrons. The van der Waals surface area contributed by atoms with Crippen LogP contribution in [0.3, 0.4) is 0 Å². The number of allylic oxidation sites excluding steroid dienone is 2. The second-order valence-electron chi connectivity index (χ2n) is 8.16. The minimum Gasteiger partial charge on any atom is -0.399 e. The fourth-order valence-corrected chi connectivity index (χ4v) is 3.61. The van der Waals surface area contributed by atoms with Gasteiger partial charge in [-0.25, -0.2) is 0 Å². The van der Waals surface area contributed by atoms with Gasteiger partial charge in [-0.05, 0) is 96.8 Å². The SMILES string of the molecule is C=C(C)/C(=N/Nc1cccc(-c2cccc(N)c2)c1C)C(=C)Cc1ccc(C)c(C)c1. The third-order valence-electron chi connectivity index (χ3n) is 5.55. The van der Waals surface area contributed by atoms with Crippen LogP contribution in [0.25, 0.3) is 11.1 Å². The molecule has 0 aliphatic rings. The molecule has 3 heteroatoms. The number of anilines is 2. The Kier molecular flexibility index (Phi) is 6.76. The summed E-state index contributed by atoms with van der Waals surface area (Å²) in [7, 11) is 0. The first-order valence-electron chi connectivity index (χ1n) is 10.5. The van der Waals surface area contributed by atoms with Crippen molar-refractivity contribution in [2.24, 2.45) is 5.10 Å². The Bertz CT molecular complexity index is 1170. The van der Waals surface area contributed by atoms with Gasteiger partial charge in [0.1, 0.15) is 0 Å². The average Bonchev–Trinajstić information content (AvgIpc) is 2.72. The average molecular weight is 410 g/mol. The van der Waals surface area contributed by atoms with Crippen LogP contribution in [0.5, 0.6) is 0 Å². The van der Waals surface area contributed by atoms with Gasteiger partial charge in [0.15, 0.2) is 0 Å². The van der Waals surface area contributed by atoms with Crippen molar-refractivity contribution in [1.82, 2.24) is 0 Å². The Morgan fingerprint density at radius 1 is 0.935 bits per heavy atom. The minimum atomic E-state index is 0.733. The summed E-state index contributed by atoms with van der Waals surface area (Å²) in [4.78, 5) is 0. The van der Waals surface area contributed by atoms with Gasteiger partial charge in [-0.3, -0.25) is 5.43 Å². The van der Waals surface area contributed by atoms with Crippen molar-refractivity contribution in [3.05, 3.63) is 107 Å². The molecule has 0 radical (unpaired) electrons. The zero-order valence-corrected chi connectivity index (χ0v) is 18.9. The van der Waals surface area contributed by atoms with Crippen LogP contribution in [0, 0.1) is 20.8 Å². The van der Waals surface area contributed by atoms with Gasteiger partial charge < -0.3 is 5.73 Å². The number of nitrogens with two attached hydrogens (primary N) is 1. The van der Waals surface area contributed by atoms with E-state index in [9.17, 15) is 0 Å². The van der Waals surface area contributed by atoms with Crippen molar-refractivity contribution < 1.29 is 0 Å². The van der Waals surface area contributed by atoms with E-state index in [4.69, 9.17) is 5.73 Å². The summed E-state index contributed by atoms with van der Waals surface area (Å²) in [6, 6.07) is 20.6. The van der Waals surface area contributed by atoms with E-state index in [0.717, 1.165) is 51.3 Å². The lowest BCUT2D eigenvalue weighted by molar-refractivity contribution is 1.18. The molecule has 3 aromatic carbocycles. The van der Waals surface area contributed by atoms with Crippen LogP contribution in [0.2, 0.25) is 0 Å². The number of hydrogen-bond donors (Lipinski definition) is 2. The van der Waals surface area contributed by atoms with E-state index in [1.54, 1.807) is 0 Å². The number of nitrogens with one attached hydrogen (secondary N) is 1. The first-order chi connectivity index (χ1) is 14.8. The summed E-state index contributed by atoms with van der Waals surface area (Å²) in [6.07, 6.45) is 0.733. The first-order valence-corrected chi connectivity index (χ1v) is 10.5. The summed E-state index contributed by atoms with van der Waals surface area (Å²) >= 11 is 0. The lowest BCUT2D eigenvalue weighted by atomic mass is 9.97. The lowest BCUT2D eigenvalue weighted by Crippen LogP contribution is -2.09. The van der Waals surface area contributed by atoms with Crippen LogP contribution in [0.15, 0.2) is 90.1 Å². The maximum absolute atomic E-state index is 5.97. The van der Waals surface area contributed by atoms with Gasteiger partial charge in [0.2, 0.25) is 0 Å². The zero-order chi connectivity index (χ0) is 22.5. The molecule has 0 atom stereocenters. The van der Waals surface area contributed by atoms with E-state index < -0.39 is 0 Å². The molecule has 0 amide bonds. The largest absolute Gasteiger partial charge is 0.399 e. The van der Waals surface area contributed by atoms with E-state index in [1.165, 1.54) is 16.7 Å².